The molecule has 9 nitrogen and oxygen atoms in total. The molecule has 0 unspecified atom stereocenters. The average molecular weight is 489 g/mol. The van der Waals surface area contributed by atoms with Crippen molar-refractivity contribution in [2.75, 3.05) is 19.0 Å². The number of hydrogen-bond acceptors (Lipinski definition) is 6. The number of hydrogen-bond donors (Lipinski definition) is 3. The van der Waals surface area contributed by atoms with Gasteiger partial charge in [0.2, 0.25) is 0 Å². The van der Waals surface area contributed by atoms with Crippen LogP contribution in [0.25, 0.3) is 0 Å². The van der Waals surface area contributed by atoms with Crippen LogP contribution in [0.15, 0.2) is 71.8 Å². The van der Waals surface area contributed by atoms with E-state index in [0.717, 1.165) is 22.4 Å². The summed E-state index contributed by atoms with van der Waals surface area (Å²) < 4.78 is 10.7. The van der Waals surface area contributed by atoms with Crippen LogP contribution >= 0.6 is 0 Å². The molecule has 3 N–H and O–H groups in total. The number of carbonyl (C=O) groups excluding carboxylic acids is 3. The smallest absolute Gasteiger partial charge is 0.329 e. The number of aryl methyl sites for hydroxylation is 2. The van der Waals surface area contributed by atoms with Crippen LogP contribution in [0.5, 0.6) is 11.5 Å². The van der Waals surface area contributed by atoms with Gasteiger partial charge in [-0.15, -0.1) is 0 Å². The highest BCUT2D eigenvalue weighted by Gasteiger charge is 2.12. The van der Waals surface area contributed by atoms with Gasteiger partial charge in [-0.2, -0.15) is 5.10 Å². The molecule has 0 spiro atoms. The number of nitrogens with one attached hydrogen (secondary N) is 3. The summed E-state index contributed by atoms with van der Waals surface area (Å²) in [5.74, 6) is -0.948. The largest absolute Gasteiger partial charge is 0.497 e. The summed E-state index contributed by atoms with van der Waals surface area (Å²) in [6.07, 6.45) is 1.34. The minimum atomic E-state index is -0.911. The molecular weight excluding hydrogens is 460 g/mol. The number of methoxy groups -OCH3 is 1. The zero-order valence-electron chi connectivity index (χ0n) is 20.3. The fourth-order valence-corrected chi connectivity index (χ4v) is 3.22. The lowest BCUT2D eigenvalue weighted by Crippen LogP contribution is -2.37. The highest BCUT2D eigenvalue weighted by molar-refractivity contribution is 6.35. The molecule has 0 saturated carbocycles. The van der Waals surface area contributed by atoms with Crippen LogP contribution in [0.2, 0.25) is 0 Å². The fraction of sp³-hybridized carbons (Fsp3) is 0.185. The topological polar surface area (TPSA) is 118 Å². The maximum absolute atomic E-state index is 12.3. The van der Waals surface area contributed by atoms with Crippen molar-refractivity contribution in [3.63, 3.8) is 0 Å². The molecule has 0 atom stereocenters. The minimum Gasteiger partial charge on any atom is -0.497 e. The normalized spacial score (nSPS) is 10.5. The van der Waals surface area contributed by atoms with Gasteiger partial charge in [-0.1, -0.05) is 42.0 Å². The van der Waals surface area contributed by atoms with Gasteiger partial charge in [0.05, 0.1) is 13.3 Å². The number of para-hydroxylation sites is 1. The number of benzene rings is 3. The van der Waals surface area contributed by atoms with E-state index in [0.29, 0.717) is 17.1 Å². The van der Waals surface area contributed by atoms with E-state index < -0.39 is 11.8 Å². The molecule has 36 heavy (non-hydrogen) atoms. The van der Waals surface area contributed by atoms with Crippen LogP contribution in [-0.2, 0) is 20.9 Å². The van der Waals surface area contributed by atoms with Crippen LogP contribution in [0, 0.1) is 13.8 Å². The average Bonchev–Trinajstić information content (AvgIpc) is 2.88. The zero-order valence-corrected chi connectivity index (χ0v) is 20.3. The van der Waals surface area contributed by atoms with Crippen LogP contribution in [0.3, 0.4) is 0 Å². The monoisotopic (exact) mass is 488 g/mol. The van der Waals surface area contributed by atoms with E-state index in [2.05, 4.69) is 21.2 Å². The second-order valence-electron chi connectivity index (χ2n) is 7.92. The summed E-state index contributed by atoms with van der Waals surface area (Å²) in [7, 11) is 1.57. The number of rotatable bonds is 9. The first kappa shape index (κ1) is 26.0. The zero-order chi connectivity index (χ0) is 25.9. The molecule has 0 aliphatic heterocycles. The van der Waals surface area contributed by atoms with E-state index in [1.807, 2.05) is 32.0 Å². The van der Waals surface area contributed by atoms with E-state index in [4.69, 9.17) is 9.47 Å². The fourth-order valence-electron chi connectivity index (χ4n) is 3.22. The van der Waals surface area contributed by atoms with Crippen molar-refractivity contribution < 1.29 is 23.9 Å². The molecule has 9 heteroatoms. The molecule has 3 rings (SSSR count). The lowest BCUT2D eigenvalue weighted by atomic mass is 10.1. The summed E-state index contributed by atoms with van der Waals surface area (Å²) in [6.45, 7) is 3.87. The molecule has 0 heterocycles. The predicted octanol–water partition coefficient (Wildman–Crippen LogP) is 3.10. The van der Waals surface area contributed by atoms with Crippen molar-refractivity contribution in [3.05, 3.63) is 89.0 Å². The molecule has 3 aromatic rings. The van der Waals surface area contributed by atoms with Gasteiger partial charge >= 0.3 is 11.8 Å². The minimum absolute atomic E-state index is 0.181. The summed E-state index contributed by atoms with van der Waals surface area (Å²) >= 11 is 0. The maximum Gasteiger partial charge on any atom is 0.329 e. The number of amides is 3. The Balaban J connectivity index is 1.49. The molecule has 3 aromatic carbocycles. The van der Waals surface area contributed by atoms with Gasteiger partial charge in [0.1, 0.15) is 11.5 Å². The molecule has 0 radical (unpaired) electrons. The number of hydrazone groups is 1. The Morgan fingerprint density at radius 3 is 2.42 bits per heavy atom. The third-order valence-electron chi connectivity index (χ3n) is 5.12. The molecule has 3 amide bonds. The molecule has 0 fully saturated rings. The van der Waals surface area contributed by atoms with E-state index in [1.165, 1.54) is 6.21 Å². The van der Waals surface area contributed by atoms with Gasteiger partial charge in [0.15, 0.2) is 6.61 Å². The molecule has 0 aromatic heterocycles. The van der Waals surface area contributed by atoms with Crippen molar-refractivity contribution in [2.45, 2.75) is 20.4 Å². The number of anilines is 1. The van der Waals surface area contributed by atoms with Crippen LogP contribution in [0.4, 0.5) is 5.69 Å². The van der Waals surface area contributed by atoms with Crippen LogP contribution < -0.4 is 25.5 Å². The van der Waals surface area contributed by atoms with Crippen molar-refractivity contribution in [2.24, 2.45) is 5.10 Å². The lowest BCUT2D eigenvalue weighted by Gasteiger charge is -2.11. The van der Waals surface area contributed by atoms with Gasteiger partial charge < -0.3 is 20.1 Å². The number of ether oxygens (including phenoxy) is 2. The molecule has 186 valence electrons. The highest BCUT2D eigenvalue weighted by atomic mass is 16.5. The van der Waals surface area contributed by atoms with Crippen molar-refractivity contribution in [1.82, 2.24) is 10.7 Å². The van der Waals surface area contributed by atoms with E-state index in [9.17, 15) is 14.4 Å². The van der Waals surface area contributed by atoms with Gasteiger partial charge in [-0.3, -0.25) is 14.4 Å². The summed E-state index contributed by atoms with van der Waals surface area (Å²) in [5.41, 5.74) is 6.31. The van der Waals surface area contributed by atoms with Crippen LogP contribution in [0.1, 0.15) is 22.3 Å². The lowest BCUT2D eigenvalue weighted by molar-refractivity contribution is -0.139. The molecule has 0 aliphatic rings. The Morgan fingerprint density at radius 1 is 0.944 bits per heavy atom. The standard InChI is InChI=1S/C27H28N4O5/c1-18-8-13-23(19(2)14-18)30-25(32)17-36-24-7-5-4-6-21(24)16-29-31-27(34)26(33)28-15-20-9-11-22(35-3)12-10-20/h4-14,16H,15,17H2,1-3H3,(H,28,33)(H,30,32)(H,31,34)/b29-16-. The predicted molar refractivity (Wildman–Crippen MR) is 137 cm³/mol. The summed E-state index contributed by atoms with van der Waals surface area (Å²) in [6, 6.07) is 19.7. The Hall–Kier alpha value is -4.66. The third kappa shape index (κ3) is 7.69. The van der Waals surface area contributed by atoms with Gasteiger partial charge in [0, 0.05) is 17.8 Å². The Labute approximate surface area is 209 Å². The van der Waals surface area contributed by atoms with Crippen LogP contribution in [-0.4, -0.2) is 37.7 Å². The quantitative estimate of drug-likeness (QED) is 0.243. The van der Waals surface area contributed by atoms with E-state index in [1.54, 1.807) is 55.6 Å². The summed E-state index contributed by atoms with van der Waals surface area (Å²) in [4.78, 5) is 36.4. The second-order valence-corrected chi connectivity index (χ2v) is 7.92. The molecule has 0 aliphatic carbocycles. The Morgan fingerprint density at radius 2 is 1.69 bits per heavy atom. The molecule has 0 saturated heterocycles. The third-order valence-corrected chi connectivity index (χ3v) is 5.12. The Kier molecular flexibility index (Phi) is 9.16. The maximum atomic E-state index is 12.3. The van der Waals surface area contributed by atoms with Crippen molar-refractivity contribution in [1.29, 1.82) is 0 Å². The first-order valence-electron chi connectivity index (χ1n) is 11.2. The molecular formula is C27H28N4O5. The van der Waals surface area contributed by atoms with Crippen molar-refractivity contribution in [3.8, 4) is 11.5 Å². The number of carbonyl (C=O) groups is 3. The van der Waals surface area contributed by atoms with Crippen molar-refractivity contribution >= 4 is 29.6 Å². The SMILES string of the molecule is COc1ccc(CNC(=O)C(=O)N/N=C\c2ccccc2OCC(=O)Nc2ccc(C)cc2C)cc1. The van der Waals surface area contributed by atoms with E-state index in [-0.39, 0.29) is 19.1 Å². The van der Waals surface area contributed by atoms with Gasteiger partial charge in [0.25, 0.3) is 5.91 Å². The highest BCUT2D eigenvalue weighted by Crippen LogP contribution is 2.18. The van der Waals surface area contributed by atoms with E-state index >= 15 is 0 Å². The summed E-state index contributed by atoms with van der Waals surface area (Å²) in [5, 5.41) is 9.18. The first-order chi connectivity index (χ1) is 17.4. The van der Waals surface area contributed by atoms with Gasteiger partial charge in [-0.05, 0) is 55.3 Å². The Bertz CT molecular complexity index is 1260. The first-order valence-corrected chi connectivity index (χ1v) is 11.2. The molecule has 0 bridgehead atoms. The number of nitrogens with zero attached hydrogens (tertiary/aromatic N) is 1. The second kappa shape index (κ2) is 12.7. The van der Waals surface area contributed by atoms with Gasteiger partial charge in [-0.25, -0.2) is 5.43 Å².